The molecule has 8 rings (SSSR count). The Morgan fingerprint density at radius 2 is 1.90 bits per heavy atom. The highest BCUT2D eigenvalue weighted by molar-refractivity contribution is 7.12. The van der Waals surface area contributed by atoms with Gasteiger partial charge in [-0.15, -0.1) is 11.3 Å². The van der Waals surface area contributed by atoms with E-state index in [0.717, 1.165) is 107 Å². The SMILES string of the molecule is CN1CCN(CCCn2c3ccc(C(=O)c4cccs4)cc3c3c4c[nH]c(O)c4c4c(c32)CCc2nn(C)cc2-4)CC1. The molecule has 1 fully saturated rings. The van der Waals surface area contributed by atoms with Crippen LogP contribution in [0.25, 0.3) is 43.7 Å². The fourth-order valence-corrected chi connectivity index (χ4v) is 7.92. The molecule has 0 amide bonds. The number of rotatable bonds is 6. The van der Waals surface area contributed by atoms with Crippen LogP contribution in [0, 0.1) is 0 Å². The van der Waals surface area contributed by atoms with Gasteiger partial charge >= 0.3 is 0 Å². The highest BCUT2D eigenvalue weighted by Crippen LogP contribution is 2.49. The summed E-state index contributed by atoms with van der Waals surface area (Å²) in [5, 5.41) is 21.9. The third-order valence-corrected chi connectivity index (χ3v) is 10.1. The van der Waals surface area contributed by atoms with Crippen molar-refractivity contribution in [3.63, 3.8) is 0 Å². The van der Waals surface area contributed by atoms with E-state index in [4.69, 9.17) is 5.10 Å². The molecule has 214 valence electrons. The number of aromatic nitrogens is 4. The number of benzene rings is 2. The predicted octanol–water partition coefficient (Wildman–Crippen LogP) is 5.41. The first-order valence-electron chi connectivity index (χ1n) is 14.8. The summed E-state index contributed by atoms with van der Waals surface area (Å²) in [5.74, 6) is 0.232. The van der Waals surface area contributed by atoms with E-state index in [1.54, 1.807) is 0 Å². The van der Waals surface area contributed by atoms with Crippen LogP contribution in [-0.2, 0) is 26.4 Å². The number of hydrogen-bond donors (Lipinski definition) is 2. The molecular formula is C33H34N6O2S. The van der Waals surface area contributed by atoms with Gasteiger partial charge in [0.25, 0.3) is 0 Å². The number of ketones is 1. The van der Waals surface area contributed by atoms with Crippen LogP contribution in [0.4, 0.5) is 0 Å². The summed E-state index contributed by atoms with van der Waals surface area (Å²) < 4.78 is 4.37. The molecule has 2 aliphatic rings. The normalized spacial score (nSPS) is 16.0. The molecule has 42 heavy (non-hydrogen) atoms. The number of aromatic hydroxyl groups is 1. The maximum atomic E-state index is 13.4. The molecule has 0 atom stereocenters. The second kappa shape index (κ2) is 9.83. The van der Waals surface area contributed by atoms with Crippen LogP contribution in [0.1, 0.15) is 32.9 Å². The lowest BCUT2D eigenvalue weighted by Crippen LogP contribution is -2.44. The smallest absolute Gasteiger partial charge is 0.202 e. The number of carbonyl (C=O) groups is 1. The number of thiophene rings is 1. The summed E-state index contributed by atoms with van der Waals surface area (Å²) in [7, 11) is 4.16. The third kappa shape index (κ3) is 3.95. The minimum absolute atomic E-state index is 0.0500. The number of aromatic amines is 1. The van der Waals surface area contributed by atoms with Gasteiger partial charge in [0, 0.05) is 90.5 Å². The maximum Gasteiger partial charge on any atom is 0.202 e. The van der Waals surface area contributed by atoms with Gasteiger partial charge in [-0.2, -0.15) is 5.10 Å². The maximum absolute atomic E-state index is 13.4. The highest BCUT2D eigenvalue weighted by Gasteiger charge is 2.30. The van der Waals surface area contributed by atoms with Crippen molar-refractivity contribution in [1.29, 1.82) is 0 Å². The number of likely N-dealkylation sites (N-methyl/N-ethyl adjacent to an activating group) is 1. The largest absolute Gasteiger partial charge is 0.494 e. The zero-order valence-electron chi connectivity index (χ0n) is 24.0. The van der Waals surface area contributed by atoms with Crippen LogP contribution < -0.4 is 0 Å². The fourth-order valence-electron chi connectivity index (χ4n) is 7.23. The van der Waals surface area contributed by atoms with Crippen molar-refractivity contribution in [1.82, 2.24) is 29.1 Å². The van der Waals surface area contributed by atoms with Crippen LogP contribution >= 0.6 is 11.3 Å². The minimum atomic E-state index is 0.0500. The number of fused-ring (bicyclic) bond motifs is 10. The van der Waals surface area contributed by atoms with E-state index in [9.17, 15) is 9.90 Å². The van der Waals surface area contributed by atoms with Gasteiger partial charge in [0.15, 0.2) is 5.88 Å². The summed E-state index contributed by atoms with van der Waals surface area (Å²) in [4.78, 5) is 22.3. The van der Waals surface area contributed by atoms with Crippen LogP contribution in [0.15, 0.2) is 48.1 Å². The predicted molar refractivity (Wildman–Crippen MR) is 169 cm³/mol. The number of H-pyrrole nitrogens is 1. The molecule has 0 unspecified atom stereocenters. The Morgan fingerprint density at radius 1 is 1.05 bits per heavy atom. The fraction of sp³-hybridized carbons (Fsp3) is 0.333. The van der Waals surface area contributed by atoms with Gasteiger partial charge in [-0.05, 0) is 68.1 Å². The van der Waals surface area contributed by atoms with Crippen LogP contribution in [0.5, 0.6) is 5.88 Å². The van der Waals surface area contributed by atoms with Crippen molar-refractivity contribution in [3.8, 4) is 17.0 Å². The first kappa shape index (κ1) is 25.8. The quantitative estimate of drug-likeness (QED) is 0.258. The van der Waals surface area contributed by atoms with Crippen LogP contribution in [0.2, 0.25) is 0 Å². The summed E-state index contributed by atoms with van der Waals surface area (Å²) in [6.07, 6.45) is 6.77. The molecule has 9 heteroatoms. The molecule has 1 aliphatic carbocycles. The molecule has 0 bridgehead atoms. The molecule has 8 nitrogen and oxygen atoms in total. The van der Waals surface area contributed by atoms with Gasteiger partial charge in [-0.1, -0.05) is 6.07 Å². The summed E-state index contributed by atoms with van der Waals surface area (Å²) in [6, 6.07) is 10.0. The Balaban J connectivity index is 1.35. The Hall–Kier alpha value is -3.92. The topological polar surface area (TPSA) is 82.3 Å². The minimum Gasteiger partial charge on any atom is -0.494 e. The lowest BCUT2D eigenvalue weighted by Gasteiger charge is -2.32. The molecule has 0 radical (unpaired) electrons. The molecular weight excluding hydrogens is 544 g/mol. The molecule has 2 N–H and O–H groups in total. The second-order valence-corrected chi connectivity index (χ2v) is 12.8. The number of nitrogens with zero attached hydrogens (tertiary/aromatic N) is 5. The second-order valence-electron chi connectivity index (χ2n) is 11.9. The zero-order chi connectivity index (χ0) is 28.5. The Bertz CT molecular complexity index is 1990. The average Bonchev–Trinajstić information content (AvgIpc) is 3.79. The van der Waals surface area contributed by atoms with Crippen LogP contribution in [-0.4, -0.2) is 79.8 Å². The first-order valence-corrected chi connectivity index (χ1v) is 15.7. The van der Waals surface area contributed by atoms with Gasteiger partial charge in [-0.25, -0.2) is 0 Å². The van der Waals surface area contributed by atoms with E-state index in [1.807, 2.05) is 41.5 Å². The van der Waals surface area contributed by atoms with E-state index >= 15 is 0 Å². The molecule has 5 heterocycles. The summed E-state index contributed by atoms with van der Waals surface area (Å²) >= 11 is 1.48. The number of piperazine rings is 1. The van der Waals surface area contributed by atoms with Crippen molar-refractivity contribution in [3.05, 3.63) is 69.8 Å². The molecule has 1 aliphatic heterocycles. The van der Waals surface area contributed by atoms with Crippen LogP contribution in [0.3, 0.4) is 0 Å². The Kier molecular flexibility index (Phi) is 6.03. The monoisotopic (exact) mass is 578 g/mol. The van der Waals surface area contributed by atoms with E-state index in [2.05, 4.69) is 44.7 Å². The van der Waals surface area contributed by atoms with Crippen molar-refractivity contribution in [2.24, 2.45) is 7.05 Å². The Morgan fingerprint density at radius 3 is 2.71 bits per heavy atom. The first-order chi connectivity index (χ1) is 20.5. The number of hydrogen-bond acceptors (Lipinski definition) is 6. The van der Waals surface area contributed by atoms with E-state index in [0.29, 0.717) is 5.56 Å². The third-order valence-electron chi connectivity index (χ3n) is 9.28. The number of nitrogens with one attached hydrogen (secondary N) is 1. The summed E-state index contributed by atoms with van der Waals surface area (Å²) in [5.41, 5.74) is 7.58. The molecule has 4 aromatic heterocycles. The lowest BCUT2D eigenvalue weighted by molar-refractivity contribution is 0.104. The van der Waals surface area contributed by atoms with Crippen molar-refractivity contribution in [2.75, 3.05) is 39.8 Å². The number of aryl methyl sites for hydroxylation is 4. The van der Waals surface area contributed by atoms with E-state index in [1.165, 1.54) is 22.4 Å². The molecule has 6 aromatic rings. The molecule has 0 saturated carbocycles. The van der Waals surface area contributed by atoms with Gasteiger partial charge in [0.05, 0.1) is 21.5 Å². The zero-order valence-corrected chi connectivity index (χ0v) is 24.8. The molecule has 0 spiro atoms. The van der Waals surface area contributed by atoms with Crippen molar-refractivity contribution >= 4 is 49.7 Å². The average molecular weight is 579 g/mol. The molecule has 2 aromatic carbocycles. The Labute approximate surface area is 247 Å². The standard InChI is InChI=1S/C33H34N6O2S/c1-36-12-14-38(15-13-36)10-4-11-39-26-9-6-20(32(40)27-5-3-16-42-27)17-22(26)29-23-18-34-33(41)30(23)28-21(31(29)39)7-8-25-24(28)19-37(2)35-25/h3,5-6,9,16-19,34,41H,4,7-8,10-15H2,1-2H3. The van der Waals surface area contributed by atoms with Gasteiger partial charge < -0.3 is 24.5 Å². The molecule has 1 saturated heterocycles. The van der Waals surface area contributed by atoms with Gasteiger partial charge in [-0.3, -0.25) is 9.48 Å². The van der Waals surface area contributed by atoms with E-state index in [-0.39, 0.29) is 11.7 Å². The highest BCUT2D eigenvalue weighted by atomic mass is 32.1. The number of carbonyl (C=O) groups excluding carboxylic acids is 1. The van der Waals surface area contributed by atoms with E-state index < -0.39 is 0 Å². The lowest BCUT2D eigenvalue weighted by atomic mass is 9.85. The van der Waals surface area contributed by atoms with Crippen molar-refractivity contribution < 1.29 is 9.90 Å². The van der Waals surface area contributed by atoms with Gasteiger partial charge in [0.1, 0.15) is 0 Å². The van der Waals surface area contributed by atoms with Gasteiger partial charge in [0.2, 0.25) is 5.78 Å². The summed E-state index contributed by atoms with van der Waals surface area (Å²) in [6.45, 7) is 6.41. The van der Waals surface area contributed by atoms with Crippen molar-refractivity contribution in [2.45, 2.75) is 25.8 Å².